The molecule has 1 amide bonds. The number of carbonyl (C=O) groups is 1. The van der Waals surface area contributed by atoms with Gasteiger partial charge in [-0.1, -0.05) is 40.9 Å². The van der Waals surface area contributed by atoms with E-state index in [1.54, 1.807) is 36.4 Å². The van der Waals surface area contributed by atoms with E-state index in [2.05, 4.69) is 5.32 Å². The molecule has 0 saturated carbocycles. The van der Waals surface area contributed by atoms with Gasteiger partial charge in [-0.15, -0.1) is 11.6 Å². The Bertz CT molecular complexity index is 676. The van der Waals surface area contributed by atoms with Crippen molar-refractivity contribution < 1.29 is 9.53 Å². The van der Waals surface area contributed by atoms with Crippen LogP contribution in [0.25, 0.3) is 0 Å². The molecule has 0 heterocycles. The van der Waals surface area contributed by atoms with Gasteiger partial charge in [0.1, 0.15) is 22.4 Å². The summed E-state index contributed by atoms with van der Waals surface area (Å²) in [4.78, 5) is 11.2. The van der Waals surface area contributed by atoms with Crippen molar-refractivity contribution in [1.82, 2.24) is 0 Å². The Morgan fingerprint density at radius 2 is 1.81 bits per heavy atom. The third-order valence-electron chi connectivity index (χ3n) is 2.47. The molecule has 0 atom stereocenters. The normalized spacial score (nSPS) is 10.3. The van der Waals surface area contributed by atoms with Crippen molar-refractivity contribution in [1.29, 1.82) is 0 Å². The Kier molecular flexibility index (Phi) is 5.59. The minimum atomic E-state index is -0.320. The van der Waals surface area contributed by atoms with Crippen molar-refractivity contribution in [2.45, 2.75) is 0 Å². The minimum Gasteiger partial charge on any atom is -0.454 e. The highest BCUT2D eigenvalue weighted by Crippen LogP contribution is 2.37. The van der Waals surface area contributed by atoms with Crippen molar-refractivity contribution in [2.75, 3.05) is 11.2 Å². The number of alkyl halides is 1. The Morgan fingerprint density at radius 3 is 2.48 bits per heavy atom. The van der Waals surface area contributed by atoms with Crippen LogP contribution in [0.15, 0.2) is 36.4 Å². The molecule has 2 aromatic rings. The summed E-state index contributed by atoms with van der Waals surface area (Å²) in [5.41, 5.74) is 0.523. The molecular weight excluding hydrogens is 356 g/mol. The molecule has 7 heteroatoms. The number of nitrogens with one attached hydrogen (secondary N) is 1. The van der Waals surface area contributed by atoms with Crippen LogP contribution < -0.4 is 10.1 Å². The third kappa shape index (κ3) is 4.17. The molecule has 0 aliphatic rings. The maximum Gasteiger partial charge on any atom is 0.239 e. The number of ether oxygens (including phenoxy) is 1. The van der Waals surface area contributed by atoms with Gasteiger partial charge in [0.15, 0.2) is 0 Å². The summed E-state index contributed by atoms with van der Waals surface area (Å²) >= 11 is 23.5. The summed E-state index contributed by atoms with van der Waals surface area (Å²) in [5, 5.41) is 3.59. The monoisotopic (exact) mass is 363 g/mol. The van der Waals surface area contributed by atoms with Crippen molar-refractivity contribution in [2.24, 2.45) is 0 Å². The molecule has 0 bridgehead atoms. The molecular formula is C14H9Cl4NO2. The summed E-state index contributed by atoms with van der Waals surface area (Å²) in [6.07, 6.45) is 0. The molecule has 1 N–H and O–H groups in total. The first kappa shape index (κ1) is 16.2. The molecule has 21 heavy (non-hydrogen) atoms. The van der Waals surface area contributed by atoms with E-state index in [0.29, 0.717) is 32.3 Å². The van der Waals surface area contributed by atoms with Crippen LogP contribution in [0.2, 0.25) is 15.1 Å². The standard InChI is InChI=1S/C14H9Cl4NO2/c15-7-13(20)19-8-4-5-11(10(17)6-8)21-12-3-1-2-9(16)14(12)18/h1-6H,7H2,(H,19,20). The van der Waals surface area contributed by atoms with Gasteiger partial charge in [-0.2, -0.15) is 0 Å². The number of hydrogen-bond acceptors (Lipinski definition) is 2. The lowest BCUT2D eigenvalue weighted by Gasteiger charge is -2.11. The maximum absolute atomic E-state index is 11.2. The average molecular weight is 365 g/mol. The van der Waals surface area contributed by atoms with Gasteiger partial charge in [-0.05, 0) is 30.3 Å². The number of hydrogen-bond donors (Lipinski definition) is 1. The maximum atomic E-state index is 11.2. The summed E-state index contributed by atoms with van der Waals surface area (Å²) in [6, 6.07) is 9.86. The second-order valence-electron chi connectivity index (χ2n) is 3.98. The SMILES string of the molecule is O=C(CCl)Nc1ccc(Oc2cccc(Cl)c2Cl)c(Cl)c1. The molecule has 3 nitrogen and oxygen atoms in total. The molecule has 0 aromatic heterocycles. The first-order valence-electron chi connectivity index (χ1n) is 5.78. The Balaban J connectivity index is 2.21. The van der Waals surface area contributed by atoms with Gasteiger partial charge >= 0.3 is 0 Å². The fraction of sp³-hybridized carbons (Fsp3) is 0.0714. The van der Waals surface area contributed by atoms with Crippen molar-refractivity contribution in [3.05, 3.63) is 51.5 Å². The lowest BCUT2D eigenvalue weighted by Crippen LogP contribution is -2.12. The predicted molar refractivity (Wildman–Crippen MR) is 87.3 cm³/mol. The average Bonchev–Trinajstić information content (AvgIpc) is 2.46. The highest BCUT2D eigenvalue weighted by atomic mass is 35.5. The predicted octanol–water partition coefficient (Wildman–Crippen LogP) is 5.62. The van der Waals surface area contributed by atoms with Gasteiger partial charge in [0.2, 0.25) is 5.91 Å². The molecule has 2 aromatic carbocycles. The first-order valence-corrected chi connectivity index (χ1v) is 7.45. The van der Waals surface area contributed by atoms with E-state index in [-0.39, 0.29) is 11.8 Å². The molecule has 110 valence electrons. The third-order valence-corrected chi connectivity index (χ3v) is 3.81. The molecule has 0 saturated heterocycles. The summed E-state index contributed by atoms with van der Waals surface area (Å²) < 4.78 is 5.62. The Morgan fingerprint density at radius 1 is 1.05 bits per heavy atom. The lowest BCUT2D eigenvalue weighted by atomic mass is 10.3. The zero-order chi connectivity index (χ0) is 15.4. The number of halogens is 4. The van der Waals surface area contributed by atoms with Gasteiger partial charge < -0.3 is 10.1 Å². The van der Waals surface area contributed by atoms with Crippen LogP contribution in [-0.4, -0.2) is 11.8 Å². The van der Waals surface area contributed by atoms with E-state index in [1.165, 1.54) is 0 Å². The van der Waals surface area contributed by atoms with E-state index < -0.39 is 0 Å². The second kappa shape index (κ2) is 7.23. The molecule has 0 spiro atoms. The Labute approximate surface area is 141 Å². The topological polar surface area (TPSA) is 38.3 Å². The molecule has 0 radical (unpaired) electrons. The van der Waals surface area contributed by atoms with Crippen LogP contribution in [0.4, 0.5) is 5.69 Å². The number of anilines is 1. The zero-order valence-electron chi connectivity index (χ0n) is 10.5. The largest absolute Gasteiger partial charge is 0.454 e. The van der Waals surface area contributed by atoms with Crippen LogP contribution in [0, 0.1) is 0 Å². The summed E-state index contributed by atoms with van der Waals surface area (Å²) in [6.45, 7) is 0. The fourth-order valence-corrected chi connectivity index (χ4v) is 2.15. The van der Waals surface area contributed by atoms with Crippen LogP contribution >= 0.6 is 46.4 Å². The van der Waals surface area contributed by atoms with Gasteiger partial charge in [0.05, 0.1) is 10.0 Å². The fourth-order valence-electron chi connectivity index (χ4n) is 1.54. The van der Waals surface area contributed by atoms with Crippen molar-refractivity contribution in [3.8, 4) is 11.5 Å². The highest BCUT2D eigenvalue weighted by Gasteiger charge is 2.10. The molecule has 0 aliphatic heterocycles. The number of carbonyl (C=O) groups excluding carboxylic acids is 1. The first-order chi connectivity index (χ1) is 10.0. The van der Waals surface area contributed by atoms with Gasteiger partial charge in [-0.25, -0.2) is 0 Å². The number of amides is 1. The van der Waals surface area contributed by atoms with Gasteiger partial charge in [-0.3, -0.25) is 4.79 Å². The Hall–Kier alpha value is -1.13. The van der Waals surface area contributed by atoms with Crippen molar-refractivity contribution in [3.63, 3.8) is 0 Å². The minimum absolute atomic E-state index is 0.131. The van der Waals surface area contributed by atoms with Crippen LogP contribution in [-0.2, 0) is 4.79 Å². The second-order valence-corrected chi connectivity index (χ2v) is 5.44. The van der Waals surface area contributed by atoms with Crippen LogP contribution in [0.3, 0.4) is 0 Å². The van der Waals surface area contributed by atoms with Crippen LogP contribution in [0.5, 0.6) is 11.5 Å². The zero-order valence-corrected chi connectivity index (χ0v) is 13.5. The van der Waals surface area contributed by atoms with E-state index in [9.17, 15) is 4.79 Å². The molecule has 0 fully saturated rings. The van der Waals surface area contributed by atoms with Crippen molar-refractivity contribution >= 4 is 58.0 Å². The quantitative estimate of drug-likeness (QED) is 0.715. The number of benzene rings is 2. The molecule has 0 unspecified atom stereocenters. The lowest BCUT2D eigenvalue weighted by molar-refractivity contribution is -0.113. The van der Waals surface area contributed by atoms with E-state index in [1.807, 2.05) is 0 Å². The van der Waals surface area contributed by atoms with E-state index in [4.69, 9.17) is 51.1 Å². The summed E-state index contributed by atoms with van der Waals surface area (Å²) in [7, 11) is 0. The smallest absolute Gasteiger partial charge is 0.239 e. The van der Waals surface area contributed by atoms with Gasteiger partial charge in [0, 0.05) is 5.69 Å². The highest BCUT2D eigenvalue weighted by molar-refractivity contribution is 6.43. The van der Waals surface area contributed by atoms with Crippen LogP contribution in [0.1, 0.15) is 0 Å². The number of rotatable bonds is 4. The molecule has 0 aliphatic carbocycles. The van der Waals surface area contributed by atoms with E-state index >= 15 is 0 Å². The summed E-state index contributed by atoms with van der Waals surface area (Å²) in [5.74, 6) is 0.334. The van der Waals surface area contributed by atoms with Gasteiger partial charge in [0.25, 0.3) is 0 Å². The molecule has 2 rings (SSSR count). The van der Waals surface area contributed by atoms with E-state index in [0.717, 1.165) is 0 Å².